The van der Waals surface area contributed by atoms with Crippen molar-refractivity contribution in [2.75, 3.05) is 0 Å². The highest BCUT2D eigenvalue weighted by atomic mass is 35.5. The van der Waals surface area contributed by atoms with Gasteiger partial charge < -0.3 is 14.7 Å². The summed E-state index contributed by atoms with van der Waals surface area (Å²) in [6.07, 6.45) is 5.54. The molecule has 0 spiro atoms. The van der Waals surface area contributed by atoms with E-state index in [1.54, 1.807) is 24.3 Å². The second-order valence-corrected chi connectivity index (χ2v) is 9.01. The molecule has 0 atom stereocenters. The van der Waals surface area contributed by atoms with E-state index in [9.17, 15) is 13.6 Å². The van der Waals surface area contributed by atoms with E-state index in [1.165, 1.54) is 12.4 Å². The molecule has 1 saturated carbocycles. The number of nitrogens with zero attached hydrogens (tertiary/aromatic N) is 4. The molecule has 11 heteroatoms. The van der Waals surface area contributed by atoms with Crippen LogP contribution in [0.4, 0.5) is 8.78 Å². The summed E-state index contributed by atoms with van der Waals surface area (Å²) in [5.74, 6) is 0.575. The fourth-order valence-corrected chi connectivity index (χ4v) is 4.57. The highest BCUT2D eigenvalue weighted by Gasteiger charge is 2.27. The molecule has 1 aliphatic carbocycles. The monoisotopic (exact) mass is 508 g/mol. The summed E-state index contributed by atoms with van der Waals surface area (Å²) < 4.78 is 31.4. The zero-order chi connectivity index (χ0) is 25.0. The fourth-order valence-electron chi connectivity index (χ4n) is 4.36. The maximum absolute atomic E-state index is 13.3. The third-order valence-corrected chi connectivity index (χ3v) is 6.42. The van der Waals surface area contributed by atoms with Gasteiger partial charge in [0.1, 0.15) is 22.2 Å². The predicted molar refractivity (Wildman–Crippen MR) is 131 cm³/mol. The Hall–Kier alpha value is -3.92. The molecule has 1 fully saturated rings. The van der Waals surface area contributed by atoms with Gasteiger partial charge in [0.2, 0.25) is 0 Å². The van der Waals surface area contributed by atoms with Crippen LogP contribution in [0.15, 0.2) is 41.5 Å². The number of hydrogen-bond donors (Lipinski definition) is 2. The number of H-pyrrole nitrogens is 2. The summed E-state index contributed by atoms with van der Waals surface area (Å²) >= 11 is 6.13. The second kappa shape index (κ2) is 8.63. The number of halogens is 3. The van der Waals surface area contributed by atoms with Crippen molar-refractivity contribution in [1.82, 2.24) is 29.9 Å². The van der Waals surface area contributed by atoms with Gasteiger partial charge in [-0.15, -0.1) is 0 Å². The Labute approximate surface area is 207 Å². The molecule has 8 nitrogen and oxygen atoms in total. The van der Waals surface area contributed by atoms with Gasteiger partial charge in [-0.1, -0.05) is 18.5 Å². The van der Waals surface area contributed by atoms with E-state index in [2.05, 4.69) is 29.9 Å². The Balaban J connectivity index is 1.54. The molecule has 0 aliphatic heterocycles. The summed E-state index contributed by atoms with van der Waals surface area (Å²) in [4.78, 5) is 36.8. The van der Waals surface area contributed by atoms with Crippen LogP contribution in [0, 0.1) is 0 Å². The van der Waals surface area contributed by atoms with Crippen LogP contribution in [0.2, 0.25) is 5.15 Å². The lowest BCUT2D eigenvalue weighted by Crippen LogP contribution is -2.10. The minimum Gasteiger partial charge on any atom is -0.434 e. The van der Waals surface area contributed by atoms with Crippen molar-refractivity contribution in [2.45, 2.75) is 38.7 Å². The van der Waals surface area contributed by atoms with Crippen LogP contribution in [0.25, 0.3) is 44.6 Å². The Morgan fingerprint density at radius 3 is 2.69 bits per heavy atom. The summed E-state index contributed by atoms with van der Waals surface area (Å²) in [6.45, 7) is -1.07. The van der Waals surface area contributed by atoms with Crippen LogP contribution < -0.4 is 10.3 Å². The smallest absolute Gasteiger partial charge is 0.387 e. The molecule has 0 radical (unpaired) electrons. The second-order valence-electron chi connectivity index (χ2n) is 8.62. The Bertz CT molecular complexity index is 1700. The molecule has 5 heterocycles. The zero-order valence-corrected chi connectivity index (χ0v) is 19.7. The number of pyridine rings is 4. The number of nitrogens with one attached hydrogen (secondary N) is 2. The van der Waals surface area contributed by atoms with Gasteiger partial charge in [0.05, 0.1) is 33.5 Å². The van der Waals surface area contributed by atoms with E-state index in [0.29, 0.717) is 62.0 Å². The molecule has 0 aromatic carbocycles. The topological polar surface area (TPSA) is 109 Å². The van der Waals surface area contributed by atoms with Crippen LogP contribution in [0.5, 0.6) is 5.75 Å². The molecule has 36 heavy (non-hydrogen) atoms. The van der Waals surface area contributed by atoms with Gasteiger partial charge in [-0.3, -0.25) is 14.8 Å². The molecule has 1 aliphatic rings. The number of imidazole rings is 1. The molecule has 0 amide bonds. The van der Waals surface area contributed by atoms with E-state index >= 15 is 0 Å². The first-order valence-corrected chi connectivity index (χ1v) is 11.8. The normalized spacial score (nSPS) is 13.7. The summed E-state index contributed by atoms with van der Waals surface area (Å²) in [5, 5.41) is 0.849. The fraction of sp³-hybridized carbons (Fsp3) is 0.240. The maximum Gasteiger partial charge on any atom is 0.387 e. The molecule has 0 bridgehead atoms. The molecular weight excluding hydrogens is 490 g/mol. The number of fused-ring (bicyclic) bond motifs is 2. The third kappa shape index (κ3) is 3.97. The first-order chi connectivity index (χ1) is 17.4. The number of ether oxygens (including phenoxy) is 1. The molecule has 0 saturated heterocycles. The van der Waals surface area contributed by atoms with Crippen molar-refractivity contribution >= 4 is 33.5 Å². The first-order valence-electron chi connectivity index (χ1n) is 11.4. The van der Waals surface area contributed by atoms with Crippen molar-refractivity contribution in [3.63, 3.8) is 0 Å². The highest BCUT2D eigenvalue weighted by Crippen LogP contribution is 2.42. The quantitative estimate of drug-likeness (QED) is 0.288. The summed E-state index contributed by atoms with van der Waals surface area (Å²) in [5.41, 5.74) is 3.71. The molecule has 6 rings (SSSR count). The van der Waals surface area contributed by atoms with Crippen molar-refractivity contribution < 1.29 is 13.5 Å². The SMILES string of the molecule is CCc1nc(Cl)cc2[nH]c(-c3cc4c(-c5cnc(C6CC6)cc5OC(F)F)nccc4[nH]c3=O)nc12. The van der Waals surface area contributed by atoms with Crippen molar-refractivity contribution in [3.8, 4) is 28.4 Å². The van der Waals surface area contributed by atoms with Crippen LogP contribution in [0.1, 0.15) is 37.1 Å². The molecular formula is C25H19ClF2N6O2. The van der Waals surface area contributed by atoms with Crippen LogP contribution in [-0.2, 0) is 6.42 Å². The molecule has 182 valence electrons. The zero-order valence-electron chi connectivity index (χ0n) is 19.0. The largest absolute Gasteiger partial charge is 0.434 e. The number of aromatic nitrogens is 6. The highest BCUT2D eigenvalue weighted by molar-refractivity contribution is 6.30. The van der Waals surface area contributed by atoms with E-state index in [4.69, 9.17) is 16.3 Å². The minimum absolute atomic E-state index is 0.00769. The van der Waals surface area contributed by atoms with Crippen molar-refractivity contribution in [1.29, 1.82) is 0 Å². The van der Waals surface area contributed by atoms with Gasteiger partial charge in [0, 0.05) is 41.5 Å². The Morgan fingerprint density at radius 2 is 1.94 bits per heavy atom. The van der Waals surface area contributed by atoms with Gasteiger partial charge in [0.25, 0.3) is 5.56 Å². The van der Waals surface area contributed by atoms with E-state index in [1.807, 2.05) is 6.92 Å². The maximum atomic E-state index is 13.3. The van der Waals surface area contributed by atoms with Crippen LogP contribution in [-0.4, -0.2) is 36.5 Å². The number of rotatable bonds is 6. The van der Waals surface area contributed by atoms with E-state index < -0.39 is 6.61 Å². The van der Waals surface area contributed by atoms with Crippen LogP contribution in [0.3, 0.4) is 0 Å². The minimum atomic E-state index is -3.01. The molecule has 5 aromatic rings. The van der Waals surface area contributed by atoms with Gasteiger partial charge >= 0.3 is 6.61 Å². The van der Waals surface area contributed by atoms with Gasteiger partial charge in [0.15, 0.2) is 0 Å². The Kier molecular flexibility index (Phi) is 5.40. The average molecular weight is 509 g/mol. The average Bonchev–Trinajstić information content (AvgIpc) is 3.61. The lowest BCUT2D eigenvalue weighted by Gasteiger charge is -2.13. The lowest BCUT2D eigenvalue weighted by atomic mass is 10.0. The van der Waals surface area contributed by atoms with E-state index in [-0.39, 0.29) is 22.8 Å². The van der Waals surface area contributed by atoms with Crippen molar-refractivity contribution in [2.24, 2.45) is 0 Å². The van der Waals surface area contributed by atoms with E-state index in [0.717, 1.165) is 12.8 Å². The number of aromatic amines is 2. The van der Waals surface area contributed by atoms with Gasteiger partial charge in [-0.25, -0.2) is 9.97 Å². The summed E-state index contributed by atoms with van der Waals surface area (Å²) in [7, 11) is 0. The molecule has 2 N–H and O–H groups in total. The first kappa shape index (κ1) is 22.5. The molecule has 0 unspecified atom stereocenters. The summed E-state index contributed by atoms with van der Waals surface area (Å²) in [6, 6.07) is 6.47. The number of alkyl halides is 2. The standard InChI is InChI=1S/C25H19ClF2N6O2/c1-2-15-22-18(9-20(26)31-15)32-23(34-22)13-7-12-16(33-24(13)35)5-6-29-21(12)14-10-30-17(11-3-4-11)8-19(14)36-25(27)28/h5-11,25H,2-4H2,1H3,(H,32,34)(H,33,35). The van der Waals surface area contributed by atoms with Crippen molar-refractivity contribution in [3.05, 3.63) is 63.6 Å². The number of hydrogen-bond acceptors (Lipinski definition) is 6. The predicted octanol–water partition coefficient (Wildman–Crippen LogP) is 5.62. The lowest BCUT2D eigenvalue weighted by molar-refractivity contribution is -0.0495. The van der Waals surface area contributed by atoms with Crippen LogP contribution >= 0.6 is 11.6 Å². The van der Waals surface area contributed by atoms with Gasteiger partial charge in [-0.2, -0.15) is 8.78 Å². The number of aryl methyl sites for hydroxylation is 1. The third-order valence-electron chi connectivity index (χ3n) is 6.23. The molecule has 5 aromatic heterocycles. The van der Waals surface area contributed by atoms with Gasteiger partial charge in [-0.05, 0) is 31.4 Å². The Morgan fingerprint density at radius 1 is 1.11 bits per heavy atom.